The fourth-order valence-corrected chi connectivity index (χ4v) is 1.93. The first-order valence-electron chi connectivity index (χ1n) is 6.86. The Labute approximate surface area is 117 Å². The summed E-state index contributed by atoms with van der Waals surface area (Å²) >= 11 is 0. The Hall–Kier alpha value is -1.46. The van der Waals surface area contributed by atoms with E-state index in [-0.39, 0.29) is 5.88 Å². The lowest BCUT2D eigenvalue weighted by atomic mass is 10.1. The molecule has 0 aromatic carbocycles. The van der Waals surface area contributed by atoms with Crippen molar-refractivity contribution in [3.63, 3.8) is 0 Å². The van der Waals surface area contributed by atoms with E-state index >= 15 is 0 Å². The van der Waals surface area contributed by atoms with Crippen LogP contribution < -0.4 is 10.1 Å². The number of nitrogens with zero attached hydrogens (tertiary/aromatic N) is 1. The van der Waals surface area contributed by atoms with Crippen molar-refractivity contribution in [2.24, 2.45) is 0 Å². The number of rotatable bonds is 8. The molecule has 1 N–H and O–H groups in total. The van der Waals surface area contributed by atoms with Gasteiger partial charge in [-0.15, -0.1) is 0 Å². The number of alkyl halides is 3. The molecular formula is C14H21F3N2O. The van der Waals surface area contributed by atoms with Gasteiger partial charge in [-0.3, -0.25) is 0 Å². The summed E-state index contributed by atoms with van der Waals surface area (Å²) in [5.41, 5.74) is 0.802. The molecule has 3 nitrogen and oxygen atoms in total. The van der Waals surface area contributed by atoms with Crippen LogP contribution in [0.5, 0.6) is 5.88 Å². The lowest BCUT2D eigenvalue weighted by Crippen LogP contribution is -2.20. The van der Waals surface area contributed by atoms with Gasteiger partial charge in [0.2, 0.25) is 5.88 Å². The highest BCUT2D eigenvalue weighted by molar-refractivity contribution is 5.42. The highest BCUT2D eigenvalue weighted by Gasteiger charge is 2.28. The van der Waals surface area contributed by atoms with Gasteiger partial charge in [-0.25, -0.2) is 4.98 Å². The molecule has 0 atom stereocenters. The van der Waals surface area contributed by atoms with Crippen molar-refractivity contribution in [3.05, 3.63) is 18.3 Å². The molecule has 0 unspecified atom stereocenters. The smallest absolute Gasteiger partial charge is 0.422 e. The van der Waals surface area contributed by atoms with Crippen LogP contribution >= 0.6 is 0 Å². The third kappa shape index (κ3) is 6.63. The molecule has 0 aliphatic heterocycles. The number of ether oxygens (including phenoxy) is 1. The minimum absolute atomic E-state index is 0.0181. The van der Waals surface area contributed by atoms with E-state index in [0.717, 1.165) is 31.4 Å². The zero-order valence-electron chi connectivity index (χ0n) is 11.8. The zero-order chi connectivity index (χ0) is 15.0. The predicted octanol–water partition coefficient (Wildman–Crippen LogP) is 4.40. The molecule has 0 spiro atoms. The molecule has 6 heteroatoms. The van der Waals surface area contributed by atoms with E-state index < -0.39 is 12.8 Å². The maximum atomic E-state index is 12.0. The molecule has 0 fully saturated rings. The molecule has 0 amide bonds. The van der Waals surface area contributed by atoms with Gasteiger partial charge in [-0.2, -0.15) is 13.2 Å². The Morgan fingerprint density at radius 2 is 1.85 bits per heavy atom. The maximum absolute atomic E-state index is 12.0. The number of halogens is 3. The van der Waals surface area contributed by atoms with Crippen molar-refractivity contribution in [1.29, 1.82) is 0 Å². The second kappa shape index (κ2) is 7.97. The van der Waals surface area contributed by atoms with Gasteiger partial charge in [0.15, 0.2) is 6.61 Å². The van der Waals surface area contributed by atoms with Gasteiger partial charge in [0, 0.05) is 12.1 Å². The molecular weight excluding hydrogens is 269 g/mol. The first kappa shape index (κ1) is 16.6. The van der Waals surface area contributed by atoms with Crippen molar-refractivity contribution in [1.82, 2.24) is 4.98 Å². The Morgan fingerprint density at radius 3 is 2.30 bits per heavy atom. The summed E-state index contributed by atoms with van der Waals surface area (Å²) in [5.74, 6) is -0.0181. The largest absolute Gasteiger partial charge is 0.468 e. The second-order valence-corrected chi connectivity index (χ2v) is 4.71. The topological polar surface area (TPSA) is 34.1 Å². The quantitative estimate of drug-likeness (QED) is 0.770. The van der Waals surface area contributed by atoms with Crippen molar-refractivity contribution < 1.29 is 17.9 Å². The first-order chi connectivity index (χ1) is 9.44. The monoisotopic (exact) mass is 290 g/mol. The molecule has 0 saturated heterocycles. The fourth-order valence-electron chi connectivity index (χ4n) is 1.93. The summed E-state index contributed by atoms with van der Waals surface area (Å²) in [7, 11) is 0. The SMILES string of the molecule is CCCC(CCC)Nc1ccc(OCC(F)(F)F)nc1. The average molecular weight is 290 g/mol. The van der Waals surface area contributed by atoms with E-state index in [1.807, 2.05) is 0 Å². The van der Waals surface area contributed by atoms with Gasteiger partial charge in [0.05, 0.1) is 11.9 Å². The van der Waals surface area contributed by atoms with Crippen LogP contribution in [-0.4, -0.2) is 23.8 Å². The van der Waals surface area contributed by atoms with E-state index in [1.165, 1.54) is 12.3 Å². The van der Waals surface area contributed by atoms with E-state index in [1.54, 1.807) is 6.07 Å². The lowest BCUT2D eigenvalue weighted by Gasteiger charge is -2.18. The molecule has 1 aromatic heterocycles. The van der Waals surface area contributed by atoms with E-state index in [9.17, 15) is 13.2 Å². The van der Waals surface area contributed by atoms with Crippen molar-refractivity contribution >= 4 is 5.69 Å². The molecule has 1 rings (SSSR count). The lowest BCUT2D eigenvalue weighted by molar-refractivity contribution is -0.154. The van der Waals surface area contributed by atoms with Crippen molar-refractivity contribution in [3.8, 4) is 5.88 Å². The van der Waals surface area contributed by atoms with Crippen LogP contribution in [0.25, 0.3) is 0 Å². The van der Waals surface area contributed by atoms with E-state index in [4.69, 9.17) is 0 Å². The van der Waals surface area contributed by atoms with Crippen molar-refractivity contribution in [2.75, 3.05) is 11.9 Å². The van der Waals surface area contributed by atoms with Gasteiger partial charge in [-0.1, -0.05) is 26.7 Å². The van der Waals surface area contributed by atoms with Crippen LogP contribution in [0, 0.1) is 0 Å². The Bertz CT molecular complexity index is 373. The van der Waals surface area contributed by atoms with Crippen LogP contribution in [-0.2, 0) is 0 Å². The molecule has 1 aromatic rings. The second-order valence-electron chi connectivity index (χ2n) is 4.71. The highest BCUT2D eigenvalue weighted by atomic mass is 19.4. The van der Waals surface area contributed by atoms with Gasteiger partial charge >= 0.3 is 6.18 Å². The van der Waals surface area contributed by atoms with Crippen LogP contribution in [0.4, 0.5) is 18.9 Å². The molecule has 20 heavy (non-hydrogen) atoms. The third-order valence-electron chi connectivity index (χ3n) is 2.77. The number of hydrogen-bond donors (Lipinski definition) is 1. The van der Waals surface area contributed by atoms with Crippen LogP contribution in [0.2, 0.25) is 0 Å². The van der Waals surface area contributed by atoms with Gasteiger partial charge in [0.1, 0.15) is 0 Å². The first-order valence-corrected chi connectivity index (χ1v) is 6.86. The maximum Gasteiger partial charge on any atom is 0.422 e. The molecule has 0 bridgehead atoms. The van der Waals surface area contributed by atoms with Gasteiger partial charge in [0.25, 0.3) is 0 Å². The van der Waals surface area contributed by atoms with E-state index in [2.05, 4.69) is 28.9 Å². The summed E-state index contributed by atoms with van der Waals surface area (Å²) in [6, 6.07) is 3.51. The Kier molecular flexibility index (Phi) is 6.61. The summed E-state index contributed by atoms with van der Waals surface area (Å²) < 4.78 is 40.6. The standard InChI is InChI=1S/C14H21F3N2O/c1-3-5-11(6-4-2)19-12-7-8-13(18-9-12)20-10-14(15,16)17/h7-9,11,19H,3-6,10H2,1-2H3. The molecule has 0 radical (unpaired) electrons. The van der Waals surface area contributed by atoms with Gasteiger partial charge in [-0.05, 0) is 18.9 Å². The Balaban J connectivity index is 2.52. The Morgan fingerprint density at radius 1 is 1.20 bits per heavy atom. The normalized spacial score (nSPS) is 11.7. The van der Waals surface area contributed by atoms with Crippen molar-refractivity contribution in [2.45, 2.75) is 51.7 Å². The van der Waals surface area contributed by atoms with Gasteiger partial charge < -0.3 is 10.1 Å². The summed E-state index contributed by atoms with van der Waals surface area (Å²) in [6.07, 6.45) is 1.44. The molecule has 0 saturated carbocycles. The summed E-state index contributed by atoms with van der Waals surface area (Å²) in [5, 5.41) is 3.34. The number of nitrogens with one attached hydrogen (secondary N) is 1. The zero-order valence-corrected chi connectivity index (χ0v) is 11.8. The molecule has 1 heterocycles. The fraction of sp³-hybridized carbons (Fsp3) is 0.643. The predicted molar refractivity (Wildman–Crippen MR) is 73.0 cm³/mol. The minimum Gasteiger partial charge on any atom is -0.468 e. The summed E-state index contributed by atoms with van der Waals surface area (Å²) in [6.45, 7) is 2.93. The number of aromatic nitrogens is 1. The summed E-state index contributed by atoms with van der Waals surface area (Å²) in [4.78, 5) is 3.87. The number of hydrogen-bond acceptors (Lipinski definition) is 3. The van der Waals surface area contributed by atoms with Crippen LogP contribution in [0.1, 0.15) is 39.5 Å². The average Bonchev–Trinajstić information content (AvgIpc) is 2.38. The van der Waals surface area contributed by atoms with Crippen LogP contribution in [0.15, 0.2) is 18.3 Å². The van der Waals surface area contributed by atoms with Crippen LogP contribution in [0.3, 0.4) is 0 Å². The van der Waals surface area contributed by atoms with E-state index in [0.29, 0.717) is 6.04 Å². The highest BCUT2D eigenvalue weighted by Crippen LogP contribution is 2.19. The number of anilines is 1. The minimum atomic E-state index is -4.34. The number of pyridine rings is 1. The molecule has 0 aliphatic carbocycles. The molecule has 0 aliphatic rings. The third-order valence-corrected chi connectivity index (χ3v) is 2.77. The molecule has 114 valence electrons.